The molecule has 4 nitrogen and oxygen atoms in total. The Morgan fingerprint density at radius 3 is 2.47 bits per heavy atom. The predicted octanol–water partition coefficient (Wildman–Crippen LogP) is 1.76. The lowest BCUT2D eigenvalue weighted by Crippen LogP contribution is -2.33. The van der Waals surface area contributed by atoms with Crippen LogP contribution in [0.5, 0.6) is 0 Å². The SMILES string of the molecule is Cc1cc(Br)cc(S(=O)(=O)N(C)C[C@H](C)O)c1. The summed E-state index contributed by atoms with van der Waals surface area (Å²) < 4.78 is 26.2. The summed E-state index contributed by atoms with van der Waals surface area (Å²) in [6, 6.07) is 5.01. The van der Waals surface area contributed by atoms with Gasteiger partial charge in [0.25, 0.3) is 0 Å². The van der Waals surface area contributed by atoms with Gasteiger partial charge in [-0.25, -0.2) is 8.42 Å². The van der Waals surface area contributed by atoms with Crippen LogP contribution in [0.4, 0.5) is 0 Å². The summed E-state index contributed by atoms with van der Waals surface area (Å²) in [6.45, 7) is 3.46. The molecule has 17 heavy (non-hydrogen) atoms. The van der Waals surface area contributed by atoms with Crippen molar-refractivity contribution in [3.8, 4) is 0 Å². The Kier molecular flexibility index (Phi) is 4.71. The molecule has 0 saturated carbocycles. The summed E-state index contributed by atoms with van der Waals surface area (Å²) in [5.74, 6) is 0. The second-order valence-corrected chi connectivity index (χ2v) is 7.06. The first-order valence-corrected chi connectivity index (χ1v) is 7.38. The zero-order chi connectivity index (χ0) is 13.2. The first-order chi connectivity index (χ1) is 7.73. The monoisotopic (exact) mass is 321 g/mol. The molecule has 1 N–H and O–H groups in total. The van der Waals surface area contributed by atoms with Gasteiger partial charge in [-0.3, -0.25) is 0 Å². The molecule has 0 aliphatic rings. The number of hydrogen-bond donors (Lipinski definition) is 1. The molecule has 0 saturated heterocycles. The number of aliphatic hydroxyl groups is 1. The van der Waals surface area contributed by atoms with Crippen LogP contribution in [0, 0.1) is 6.92 Å². The largest absolute Gasteiger partial charge is 0.392 e. The fourth-order valence-electron chi connectivity index (χ4n) is 1.50. The van der Waals surface area contributed by atoms with E-state index in [1.54, 1.807) is 19.1 Å². The number of benzene rings is 1. The van der Waals surface area contributed by atoms with Crippen molar-refractivity contribution >= 4 is 26.0 Å². The van der Waals surface area contributed by atoms with Gasteiger partial charge in [0.2, 0.25) is 10.0 Å². The van der Waals surface area contributed by atoms with Crippen LogP contribution >= 0.6 is 15.9 Å². The molecule has 1 rings (SSSR count). The van der Waals surface area contributed by atoms with Crippen LogP contribution in [-0.2, 0) is 10.0 Å². The van der Waals surface area contributed by atoms with Gasteiger partial charge in [0.1, 0.15) is 0 Å². The van der Waals surface area contributed by atoms with E-state index in [4.69, 9.17) is 0 Å². The molecule has 96 valence electrons. The Hall–Kier alpha value is -0.430. The van der Waals surface area contributed by atoms with Crippen LogP contribution in [-0.4, -0.2) is 37.5 Å². The average Bonchev–Trinajstić information content (AvgIpc) is 2.14. The van der Waals surface area contributed by atoms with E-state index in [0.29, 0.717) is 0 Å². The lowest BCUT2D eigenvalue weighted by molar-refractivity contribution is 0.171. The minimum Gasteiger partial charge on any atom is -0.392 e. The van der Waals surface area contributed by atoms with Crippen LogP contribution in [0.1, 0.15) is 12.5 Å². The quantitative estimate of drug-likeness (QED) is 0.919. The lowest BCUT2D eigenvalue weighted by Gasteiger charge is -2.19. The number of rotatable bonds is 4. The van der Waals surface area contributed by atoms with Crippen LogP contribution in [0.3, 0.4) is 0 Å². The van der Waals surface area contributed by atoms with Crippen LogP contribution in [0.2, 0.25) is 0 Å². The molecule has 1 aromatic carbocycles. The summed E-state index contributed by atoms with van der Waals surface area (Å²) in [4.78, 5) is 0.229. The summed E-state index contributed by atoms with van der Waals surface area (Å²) >= 11 is 3.27. The van der Waals surface area contributed by atoms with Crippen molar-refractivity contribution in [1.82, 2.24) is 4.31 Å². The fourth-order valence-corrected chi connectivity index (χ4v) is 3.64. The molecule has 1 aromatic rings. The minimum atomic E-state index is -3.54. The van der Waals surface area contributed by atoms with E-state index in [1.165, 1.54) is 7.05 Å². The number of aryl methyl sites for hydroxylation is 1. The summed E-state index contributed by atoms with van der Waals surface area (Å²) in [5.41, 5.74) is 0.864. The molecule has 0 fully saturated rings. The third-order valence-electron chi connectivity index (χ3n) is 2.25. The molecule has 0 heterocycles. The Morgan fingerprint density at radius 1 is 1.41 bits per heavy atom. The summed E-state index contributed by atoms with van der Waals surface area (Å²) in [6.07, 6.45) is -0.692. The minimum absolute atomic E-state index is 0.0773. The van der Waals surface area contributed by atoms with E-state index in [2.05, 4.69) is 15.9 Å². The molecule has 6 heteroatoms. The van der Waals surface area contributed by atoms with Crippen molar-refractivity contribution in [2.75, 3.05) is 13.6 Å². The molecule has 0 aliphatic carbocycles. The van der Waals surface area contributed by atoms with Gasteiger partial charge in [-0.2, -0.15) is 4.31 Å². The third kappa shape index (κ3) is 3.77. The predicted molar refractivity (Wildman–Crippen MR) is 70.4 cm³/mol. The molecular weight excluding hydrogens is 306 g/mol. The highest BCUT2D eigenvalue weighted by atomic mass is 79.9. The Balaban J connectivity index is 3.12. The Morgan fingerprint density at radius 2 is 2.00 bits per heavy atom. The zero-order valence-corrected chi connectivity index (χ0v) is 12.4. The van der Waals surface area contributed by atoms with Crippen molar-refractivity contribution in [3.63, 3.8) is 0 Å². The highest BCUT2D eigenvalue weighted by Gasteiger charge is 2.22. The first-order valence-electron chi connectivity index (χ1n) is 5.15. The Bertz CT molecular complexity index is 479. The van der Waals surface area contributed by atoms with E-state index in [9.17, 15) is 13.5 Å². The maximum absolute atomic E-state index is 12.2. The van der Waals surface area contributed by atoms with E-state index in [-0.39, 0.29) is 11.4 Å². The molecule has 0 unspecified atom stereocenters. The fraction of sp³-hybridized carbons (Fsp3) is 0.455. The van der Waals surface area contributed by atoms with E-state index < -0.39 is 16.1 Å². The molecule has 0 radical (unpaired) electrons. The zero-order valence-electron chi connectivity index (χ0n) is 10.0. The maximum Gasteiger partial charge on any atom is 0.242 e. The van der Waals surface area contributed by atoms with Crippen LogP contribution in [0.15, 0.2) is 27.6 Å². The Labute approximate surface area is 110 Å². The smallest absolute Gasteiger partial charge is 0.242 e. The van der Waals surface area contributed by atoms with Gasteiger partial charge >= 0.3 is 0 Å². The normalized spacial score (nSPS) is 14.0. The van der Waals surface area contributed by atoms with Gasteiger partial charge in [-0.05, 0) is 37.6 Å². The highest BCUT2D eigenvalue weighted by molar-refractivity contribution is 9.10. The summed E-state index contributed by atoms with van der Waals surface area (Å²) in [5, 5.41) is 9.23. The van der Waals surface area contributed by atoms with Gasteiger partial charge in [-0.1, -0.05) is 15.9 Å². The number of nitrogens with zero attached hydrogens (tertiary/aromatic N) is 1. The number of likely N-dealkylation sites (N-methyl/N-ethyl adjacent to an activating group) is 1. The number of aliphatic hydroxyl groups excluding tert-OH is 1. The van der Waals surface area contributed by atoms with Crippen LogP contribution in [0.25, 0.3) is 0 Å². The first kappa shape index (κ1) is 14.6. The van der Waals surface area contributed by atoms with Crippen molar-refractivity contribution in [1.29, 1.82) is 0 Å². The van der Waals surface area contributed by atoms with Gasteiger partial charge in [0.15, 0.2) is 0 Å². The lowest BCUT2D eigenvalue weighted by atomic mass is 10.2. The van der Waals surface area contributed by atoms with E-state index >= 15 is 0 Å². The van der Waals surface area contributed by atoms with E-state index in [0.717, 1.165) is 14.3 Å². The molecular formula is C11H16BrNO3S. The van der Waals surface area contributed by atoms with Crippen molar-refractivity contribution in [3.05, 3.63) is 28.2 Å². The molecule has 0 aliphatic heterocycles. The average molecular weight is 322 g/mol. The van der Waals surface area contributed by atoms with Gasteiger partial charge in [0, 0.05) is 18.1 Å². The second-order valence-electron chi connectivity index (χ2n) is 4.10. The topological polar surface area (TPSA) is 57.6 Å². The van der Waals surface area contributed by atoms with E-state index in [1.807, 2.05) is 13.0 Å². The number of halogens is 1. The maximum atomic E-state index is 12.2. The standard InChI is InChI=1S/C11H16BrNO3S/c1-8-4-10(12)6-11(5-8)17(15,16)13(3)7-9(2)14/h4-6,9,14H,7H2,1-3H3/t9-/m0/s1. The second kappa shape index (κ2) is 5.48. The number of hydrogen-bond acceptors (Lipinski definition) is 3. The van der Waals surface area contributed by atoms with Crippen molar-refractivity contribution in [2.45, 2.75) is 24.8 Å². The van der Waals surface area contributed by atoms with Gasteiger partial charge in [0.05, 0.1) is 11.0 Å². The van der Waals surface area contributed by atoms with Crippen molar-refractivity contribution < 1.29 is 13.5 Å². The summed E-state index contributed by atoms with van der Waals surface area (Å²) in [7, 11) is -2.08. The molecule has 0 spiro atoms. The molecule has 1 atom stereocenters. The number of sulfonamides is 1. The van der Waals surface area contributed by atoms with Crippen LogP contribution < -0.4 is 0 Å². The molecule has 0 bridgehead atoms. The van der Waals surface area contributed by atoms with Gasteiger partial charge in [-0.15, -0.1) is 0 Å². The molecule has 0 amide bonds. The van der Waals surface area contributed by atoms with Gasteiger partial charge < -0.3 is 5.11 Å². The molecule has 0 aromatic heterocycles. The highest BCUT2D eigenvalue weighted by Crippen LogP contribution is 2.21. The third-order valence-corrected chi connectivity index (χ3v) is 4.50. The van der Waals surface area contributed by atoms with Crippen molar-refractivity contribution in [2.24, 2.45) is 0 Å².